The Morgan fingerprint density at radius 2 is 2.22 bits per heavy atom. The molecule has 1 amide bonds. The van der Waals surface area contributed by atoms with Gasteiger partial charge in [-0.15, -0.1) is 0 Å². The highest BCUT2D eigenvalue weighted by Crippen LogP contribution is 2.20. The molecular formula is C14H14BrNOS. The number of carbonyl (C=O) groups excluding carboxylic acids is 1. The van der Waals surface area contributed by atoms with Gasteiger partial charge < -0.3 is 5.32 Å². The first-order chi connectivity index (χ1) is 8.65. The fourth-order valence-electron chi connectivity index (χ4n) is 1.67. The van der Waals surface area contributed by atoms with E-state index in [4.69, 9.17) is 0 Å². The highest BCUT2D eigenvalue weighted by molar-refractivity contribution is 9.10. The van der Waals surface area contributed by atoms with Crippen LogP contribution in [0.2, 0.25) is 0 Å². The lowest BCUT2D eigenvalue weighted by molar-refractivity contribution is -0.116. The van der Waals surface area contributed by atoms with Crippen LogP contribution in [-0.2, 0) is 11.2 Å². The van der Waals surface area contributed by atoms with Gasteiger partial charge in [-0.1, -0.05) is 15.9 Å². The molecule has 1 heterocycles. The van der Waals surface area contributed by atoms with Crippen LogP contribution in [0.3, 0.4) is 0 Å². The van der Waals surface area contributed by atoms with Gasteiger partial charge in [0.1, 0.15) is 0 Å². The molecule has 0 saturated carbocycles. The Morgan fingerprint density at radius 3 is 2.89 bits per heavy atom. The summed E-state index contributed by atoms with van der Waals surface area (Å²) >= 11 is 5.07. The lowest BCUT2D eigenvalue weighted by atomic mass is 10.1. The highest BCUT2D eigenvalue weighted by atomic mass is 79.9. The lowest BCUT2D eigenvalue weighted by Crippen LogP contribution is -2.13. The maximum Gasteiger partial charge on any atom is 0.224 e. The van der Waals surface area contributed by atoms with E-state index in [0.717, 1.165) is 22.1 Å². The van der Waals surface area contributed by atoms with Gasteiger partial charge >= 0.3 is 0 Å². The van der Waals surface area contributed by atoms with Crippen LogP contribution in [0, 0.1) is 6.92 Å². The van der Waals surface area contributed by atoms with Crippen LogP contribution >= 0.6 is 27.3 Å². The topological polar surface area (TPSA) is 29.1 Å². The van der Waals surface area contributed by atoms with Gasteiger partial charge in [0, 0.05) is 16.6 Å². The van der Waals surface area contributed by atoms with Crippen molar-refractivity contribution in [2.24, 2.45) is 0 Å². The fourth-order valence-corrected chi connectivity index (χ4v) is 2.85. The second-order valence-electron chi connectivity index (χ2n) is 4.14. The number of nitrogens with one attached hydrogen (secondary N) is 1. The second kappa shape index (κ2) is 6.16. The van der Waals surface area contributed by atoms with E-state index in [-0.39, 0.29) is 5.91 Å². The molecule has 2 rings (SSSR count). The summed E-state index contributed by atoms with van der Waals surface area (Å²) < 4.78 is 1.02. The number of rotatable bonds is 4. The molecule has 0 bridgehead atoms. The number of amides is 1. The molecular weight excluding hydrogens is 310 g/mol. The average molecular weight is 324 g/mol. The van der Waals surface area contributed by atoms with Gasteiger partial charge in [0.25, 0.3) is 0 Å². The molecule has 0 spiro atoms. The summed E-state index contributed by atoms with van der Waals surface area (Å²) in [6.45, 7) is 1.99. The Balaban J connectivity index is 1.91. The quantitative estimate of drug-likeness (QED) is 0.888. The molecule has 0 aliphatic rings. The van der Waals surface area contributed by atoms with E-state index in [2.05, 4.69) is 32.7 Å². The van der Waals surface area contributed by atoms with E-state index in [1.807, 2.05) is 30.5 Å². The molecule has 0 aliphatic carbocycles. The minimum atomic E-state index is 0.0617. The van der Waals surface area contributed by atoms with E-state index in [9.17, 15) is 4.79 Å². The van der Waals surface area contributed by atoms with Crippen LogP contribution in [-0.4, -0.2) is 5.91 Å². The zero-order valence-corrected chi connectivity index (χ0v) is 12.5. The van der Waals surface area contributed by atoms with Gasteiger partial charge in [-0.25, -0.2) is 0 Å². The Labute approximate surface area is 119 Å². The van der Waals surface area contributed by atoms with Crippen LogP contribution < -0.4 is 5.32 Å². The maximum absolute atomic E-state index is 11.8. The van der Waals surface area contributed by atoms with Crippen LogP contribution in [0.15, 0.2) is 39.5 Å². The van der Waals surface area contributed by atoms with Gasteiger partial charge in [-0.2, -0.15) is 11.3 Å². The van der Waals surface area contributed by atoms with E-state index < -0.39 is 0 Å². The molecule has 0 atom stereocenters. The van der Waals surface area contributed by atoms with Gasteiger partial charge in [0.2, 0.25) is 5.91 Å². The third kappa shape index (κ3) is 3.68. The lowest BCUT2D eigenvalue weighted by Gasteiger charge is -2.08. The van der Waals surface area contributed by atoms with Gasteiger partial charge in [-0.05, 0) is 59.5 Å². The Kier molecular flexibility index (Phi) is 4.55. The number of hydrogen-bond acceptors (Lipinski definition) is 2. The Morgan fingerprint density at radius 1 is 1.39 bits per heavy atom. The molecule has 1 aromatic heterocycles. The minimum absolute atomic E-state index is 0.0617. The number of halogens is 1. The van der Waals surface area contributed by atoms with Crippen LogP contribution in [0.25, 0.3) is 0 Å². The van der Waals surface area contributed by atoms with Crippen molar-refractivity contribution >= 4 is 38.9 Å². The summed E-state index contributed by atoms with van der Waals surface area (Å²) in [7, 11) is 0. The standard InChI is InChI=1S/C14H14BrNOS/c1-10-8-12(15)3-4-13(10)16-14(17)5-2-11-6-7-18-9-11/h3-4,6-9H,2,5H2,1H3,(H,16,17). The number of hydrogen-bond donors (Lipinski definition) is 1. The average Bonchev–Trinajstić information content (AvgIpc) is 2.83. The zero-order valence-electron chi connectivity index (χ0n) is 10.1. The highest BCUT2D eigenvalue weighted by Gasteiger charge is 2.05. The van der Waals surface area contributed by atoms with Gasteiger partial charge in [-0.3, -0.25) is 4.79 Å². The largest absolute Gasteiger partial charge is 0.326 e. The van der Waals surface area contributed by atoms with Crippen molar-refractivity contribution in [3.63, 3.8) is 0 Å². The van der Waals surface area contributed by atoms with E-state index in [1.54, 1.807) is 11.3 Å². The smallest absolute Gasteiger partial charge is 0.224 e. The van der Waals surface area contributed by atoms with Gasteiger partial charge in [0.15, 0.2) is 0 Å². The van der Waals surface area contributed by atoms with Crippen LogP contribution in [0.4, 0.5) is 5.69 Å². The summed E-state index contributed by atoms with van der Waals surface area (Å²) in [5.74, 6) is 0.0617. The van der Waals surface area contributed by atoms with Crippen LogP contribution in [0.5, 0.6) is 0 Å². The van der Waals surface area contributed by atoms with E-state index in [0.29, 0.717) is 6.42 Å². The van der Waals surface area contributed by atoms with Crippen molar-refractivity contribution in [3.8, 4) is 0 Å². The van der Waals surface area contributed by atoms with Crippen molar-refractivity contribution in [3.05, 3.63) is 50.6 Å². The number of benzene rings is 1. The summed E-state index contributed by atoms with van der Waals surface area (Å²) in [5, 5.41) is 7.06. The monoisotopic (exact) mass is 323 g/mol. The van der Waals surface area contributed by atoms with Crippen molar-refractivity contribution in [1.29, 1.82) is 0 Å². The first kappa shape index (κ1) is 13.3. The predicted octanol–water partition coefficient (Wildman–Crippen LogP) is 4.39. The predicted molar refractivity (Wildman–Crippen MR) is 80.1 cm³/mol. The number of aryl methyl sites for hydroxylation is 2. The maximum atomic E-state index is 11.8. The van der Waals surface area contributed by atoms with Crippen molar-refractivity contribution < 1.29 is 4.79 Å². The normalized spacial score (nSPS) is 10.3. The molecule has 1 N–H and O–H groups in total. The first-order valence-corrected chi connectivity index (χ1v) is 7.46. The van der Waals surface area contributed by atoms with Crippen molar-refractivity contribution in [2.75, 3.05) is 5.32 Å². The molecule has 18 heavy (non-hydrogen) atoms. The SMILES string of the molecule is Cc1cc(Br)ccc1NC(=O)CCc1ccsc1. The third-order valence-electron chi connectivity index (χ3n) is 2.68. The van der Waals surface area contributed by atoms with Crippen molar-refractivity contribution in [1.82, 2.24) is 0 Å². The minimum Gasteiger partial charge on any atom is -0.326 e. The Bertz CT molecular complexity index is 537. The molecule has 1 aromatic carbocycles. The molecule has 2 aromatic rings. The van der Waals surface area contributed by atoms with E-state index in [1.165, 1.54) is 5.56 Å². The molecule has 4 heteroatoms. The summed E-state index contributed by atoms with van der Waals surface area (Å²) in [5.41, 5.74) is 3.17. The third-order valence-corrected chi connectivity index (χ3v) is 3.91. The first-order valence-electron chi connectivity index (χ1n) is 5.72. The second-order valence-corrected chi connectivity index (χ2v) is 5.83. The summed E-state index contributed by atoms with van der Waals surface area (Å²) in [4.78, 5) is 11.8. The van der Waals surface area contributed by atoms with Gasteiger partial charge in [0.05, 0.1) is 0 Å². The fraction of sp³-hybridized carbons (Fsp3) is 0.214. The molecule has 2 nitrogen and oxygen atoms in total. The zero-order chi connectivity index (χ0) is 13.0. The van der Waals surface area contributed by atoms with Crippen LogP contribution in [0.1, 0.15) is 17.5 Å². The molecule has 94 valence electrons. The number of thiophene rings is 1. The Hall–Kier alpha value is -1.13. The molecule has 0 fully saturated rings. The molecule has 0 radical (unpaired) electrons. The molecule has 0 aliphatic heterocycles. The molecule has 0 saturated heterocycles. The number of carbonyl (C=O) groups is 1. The van der Waals surface area contributed by atoms with E-state index >= 15 is 0 Å². The van der Waals surface area contributed by atoms with Crippen molar-refractivity contribution in [2.45, 2.75) is 19.8 Å². The number of anilines is 1. The summed E-state index contributed by atoms with van der Waals surface area (Å²) in [6, 6.07) is 7.90. The summed E-state index contributed by atoms with van der Waals surface area (Å²) in [6.07, 6.45) is 1.32. The molecule has 0 unspecified atom stereocenters.